The summed E-state index contributed by atoms with van der Waals surface area (Å²) in [6, 6.07) is 4.05. The Bertz CT molecular complexity index is 788. The van der Waals surface area contributed by atoms with E-state index < -0.39 is 23.0 Å². The lowest BCUT2D eigenvalue weighted by Gasteiger charge is -2.60. The number of hydrogen-bond acceptors (Lipinski definition) is 5. The van der Waals surface area contributed by atoms with Gasteiger partial charge in [-0.3, -0.25) is 4.79 Å². The van der Waals surface area contributed by atoms with E-state index in [0.717, 1.165) is 24.9 Å². The summed E-state index contributed by atoms with van der Waals surface area (Å²) >= 11 is 0. The zero-order valence-corrected chi connectivity index (χ0v) is 13.8. The molecule has 0 radical (unpaired) electrons. The fourth-order valence-corrected chi connectivity index (χ4v) is 5.85. The second kappa shape index (κ2) is 4.41. The molecule has 5 nitrogen and oxygen atoms in total. The second-order valence-corrected chi connectivity index (χ2v) is 7.38. The predicted molar refractivity (Wildman–Crippen MR) is 87.5 cm³/mol. The lowest BCUT2D eigenvalue weighted by molar-refractivity contribution is -0.139. The van der Waals surface area contributed by atoms with Crippen molar-refractivity contribution in [2.75, 3.05) is 13.7 Å². The van der Waals surface area contributed by atoms with Crippen LogP contribution in [0.25, 0.3) is 0 Å². The summed E-state index contributed by atoms with van der Waals surface area (Å²) in [5.74, 6) is 1.53. The maximum atomic E-state index is 12.9. The van der Waals surface area contributed by atoms with Gasteiger partial charge in [0.25, 0.3) is 0 Å². The highest BCUT2D eigenvalue weighted by Crippen LogP contribution is 2.66. The molecule has 1 spiro atoms. The number of ether oxygens (including phenoxy) is 2. The van der Waals surface area contributed by atoms with Crippen molar-refractivity contribution in [3.8, 4) is 11.5 Å². The molecule has 2 bridgehead atoms. The Morgan fingerprint density at radius 1 is 1.46 bits per heavy atom. The summed E-state index contributed by atoms with van der Waals surface area (Å²) in [6.07, 6.45) is 4.08. The number of hydrogen-bond donors (Lipinski definition) is 2. The normalized spacial score (nSPS) is 40.7. The largest absolute Gasteiger partial charge is 0.493 e. The van der Waals surface area contributed by atoms with Crippen LogP contribution in [-0.2, 0) is 16.6 Å². The Morgan fingerprint density at radius 3 is 3.04 bits per heavy atom. The fourth-order valence-electron chi connectivity index (χ4n) is 5.85. The highest BCUT2D eigenvalue weighted by Gasteiger charge is 2.72. The van der Waals surface area contributed by atoms with Crippen LogP contribution < -0.4 is 14.8 Å². The van der Waals surface area contributed by atoms with Crippen molar-refractivity contribution in [2.45, 2.75) is 43.4 Å². The first-order chi connectivity index (χ1) is 11.6. The van der Waals surface area contributed by atoms with Gasteiger partial charge in [-0.15, -0.1) is 0 Å². The van der Waals surface area contributed by atoms with Crippen molar-refractivity contribution in [3.63, 3.8) is 0 Å². The number of Topliss-reactive ketones (excluding diaryl/α,β-unsaturated/α-hetero) is 1. The molecule has 1 aromatic carbocycles. The summed E-state index contributed by atoms with van der Waals surface area (Å²) in [4.78, 5) is 12.9. The third-order valence-electron chi connectivity index (χ3n) is 6.68. The van der Waals surface area contributed by atoms with Crippen LogP contribution >= 0.6 is 0 Å². The second-order valence-electron chi connectivity index (χ2n) is 7.38. The Hall–Kier alpha value is -1.85. The summed E-state index contributed by atoms with van der Waals surface area (Å²) in [5.41, 5.74) is 1.10. The number of rotatable bonds is 2. The number of aliphatic hydroxyl groups excluding tert-OH is 1. The molecule has 2 aliphatic heterocycles. The highest BCUT2D eigenvalue weighted by molar-refractivity contribution is 5.90. The monoisotopic (exact) mass is 327 g/mol. The minimum absolute atomic E-state index is 0.0328. The zero-order chi connectivity index (χ0) is 16.7. The van der Waals surface area contributed by atoms with Gasteiger partial charge < -0.3 is 19.9 Å². The molecule has 0 saturated carbocycles. The molecule has 1 aromatic rings. The first kappa shape index (κ1) is 14.5. The molecule has 2 N–H and O–H groups in total. The maximum Gasteiger partial charge on any atom is 0.166 e. The molecule has 3 unspecified atom stereocenters. The number of ketones is 1. The average Bonchev–Trinajstić information content (AvgIpc) is 2.90. The Kier molecular flexibility index (Phi) is 2.66. The summed E-state index contributed by atoms with van der Waals surface area (Å²) < 4.78 is 11.8. The van der Waals surface area contributed by atoms with Crippen LogP contribution in [0.15, 0.2) is 24.3 Å². The molecule has 5 rings (SSSR count). The van der Waals surface area contributed by atoms with E-state index in [0.29, 0.717) is 11.5 Å². The molecule has 2 aliphatic carbocycles. The van der Waals surface area contributed by atoms with Gasteiger partial charge in [-0.05, 0) is 37.9 Å². The van der Waals surface area contributed by atoms with Gasteiger partial charge in [0.1, 0.15) is 18.0 Å². The number of piperidine rings is 1. The van der Waals surface area contributed by atoms with Gasteiger partial charge in [0.2, 0.25) is 0 Å². The molecular formula is C19H21NO4. The van der Waals surface area contributed by atoms with Gasteiger partial charge in [0, 0.05) is 11.6 Å². The lowest BCUT2D eigenvalue weighted by Crippen LogP contribution is -2.73. The molecule has 1 saturated heterocycles. The highest BCUT2D eigenvalue weighted by atomic mass is 16.5. The zero-order valence-electron chi connectivity index (χ0n) is 13.8. The smallest absolute Gasteiger partial charge is 0.166 e. The lowest BCUT2D eigenvalue weighted by atomic mass is 9.44. The minimum Gasteiger partial charge on any atom is -0.493 e. The van der Waals surface area contributed by atoms with E-state index in [1.165, 1.54) is 5.56 Å². The Balaban J connectivity index is 1.91. The third-order valence-corrected chi connectivity index (χ3v) is 6.68. The van der Waals surface area contributed by atoms with Gasteiger partial charge in [-0.25, -0.2) is 0 Å². The Labute approximate surface area is 140 Å². The van der Waals surface area contributed by atoms with Gasteiger partial charge in [0.05, 0.1) is 17.9 Å². The van der Waals surface area contributed by atoms with Crippen LogP contribution in [-0.4, -0.2) is 42.8 Å². The molecule has 24 heavy (non-hydrogen) atoms. The molecule has 0 amide bonds. The molecule has 5 atom stereocenters. The number of carbonyl (C=O) groups is 1. The van der Waals surface area contributed by atoms with E-state index >= 15 is 0 Å². The Morgan fingerprint density at radius 2 is 2.29 bits per heavy atom. The standard InChI is InChI=1S/C19H21NO4/c1-10(21)18-6-5-12(22)17-19(18)7-8-20-14(18)9-11-3-4-13(23-2)16(24-17)15(11)19/h3-6,12,14,17,20,22H,7-9H2,1-2H3/t12?,14-,17?,18?,19-/m1/s1. The van der Waals surface area contributed by atoms with Crippen LogP contribution in [0.4, 0.5) is 0 Å². The van der Waals surface area contributed by atoms with Crippen molar-refractivity contribution in [3.05, 3.63) is 35.4 Å². The van der Waals surface area contributed by atoms with Crippen LogP contribution in [0.2, 0.25) is 0 Å². The van der Waals surface area contributed by atoms with Crippen molar-refractivity contribution < 1.29 is 19.4 Å². The number of carbonyl (C=O) groups excluding carboxylic acids is 1. The number of aliphatic hydroxyl groups is 1. The van der Waals surface area contributed by atoms with Crippen LogP contribution in [0.5, 0.6) is 11.5 Å². The van der Waals surface area contributed by atoms with Crippen molar-refractivity contribution in [2.24, 2.45) is 5.41 Å². The van der Waals surface area contributed by atoms with E-state index in [2.05, 4.69) is 11.4 Å². The van der Waals surface area contributed by atoms with E-state index in [1.54, 1.807) is 20.1 Å². The van der Waals surface area contributed by atoms with Crippen LogP contribution in [0.3, 0.4) is 0 Å². The minimum atomic E-state index is -0.723. The quantitative estimate of drug-likeness (QED) is 0.797. The van der Waals surface area contributed by atoms with Crippen molar-refractivity contribution in [1.29, 1.82) is 0 Å². The number of benzene rings is 1. The molecule has 2 heterocycles. The van der Waals surface area contributed by atoms with Crippen LogP contribution in [0.1, 0.15) is 24.5 Å². The average molecular weight is 327 g/mol. The fraction of sp³-hybridized carbons (Fsp3) is 0.526. The molecule has 0 aromatic heterocycles. The maximum absolute atomic E-state index is 12.9. The van der Waals surface area contributed by atoms with Crippen LogP contribution in [0, 0.1) is 5.41 Å². The summed E-state index contributed by atoms with van der Waals surface area (Å²) in [5, 5.41) is 14.2. The molecule has 126 valence electrons. The van der Waals surface area contributed by atoms with E-state index in [1.807, 2.05) is 12.1 Å². The summed E-state index contributed by atoms with van der Waals surface area (Å²) in [7, 11) is 1.63. The third kappa shape index (κ3) is 1.31. The molecule has 5 heteroatoms. The van der Waals surface area contributed by atoms with Gasteiger partial charge in [-0.2, -0.15) is 0 Å². The predicted octanol–water partition coefficient (Wildman–Crippen LogP) is 1.12. The van der Waals surface area contributed by atoms with Gasteiger partial charge in [-0.1, -0.05) is 18.2 Å². The van der Waals surface area contributed by atoms with E-state index in [9.17, 15) is 9.90 Å². The SMILES string of the molecule is COc1ccc2c3c1OC1C(O)C=CC4(C(C)=O)[C@@H](C2)NCC[C@@]314. The molecular weight excluding hydrogens is 306 g/mol. The van der Waals surface area contributed by atoms with Crippen molar-refractivity contribution >= 4 is 5.78 Å². The van der Waals surface area contributed by atoms with Gasteiger partial charge >= 0.3 is 0 Å². The molecule has 1 fully saturated rings. The molecule has 4 aliphatic rings. The number of nitrogens with one attached hydrogen (secondary N) is 1. The van der Waals surface area contributed by atoms with E-state index in [4.69, 9.17) is 9.47 Å². The van der Waals surface area contributed by atoms with E-state index in [-0.39, 0.29) is 11.8 Å². The first-order valence-electron chi connectivity index (χ1n) is 8.55. The van der Waals surface area contributed by atoms with Crippen molar-refractivity contribution in [1.82, 2.24) is 5.32 Å². The summed E-state index contributed by atoms with van der Waals surface area (Å²) in [6.45, 7) is 2.49. The first-order valence-corrected chi connectivity index (χ1v) is 8.55. The topological polar surface area (TPSA) is 67.8 Å². The number of methoxy groups -OCH3 is 1. The van der Waals surface area contributed by atoms with Gasteiger partial charge in [0.15, 0.2) is 11.5 Å².